The maximum atomic E-state index is 14.8. The summed E-state index contributed by atoms with van der Waals surface area (Å²) in [6, 6.07) is 12.7. The minimum absolute atomic E-state index is 0.00743. The van der Waals surface area contributed by atoms with Crippen LogP contribution in [0.4, 0.5) is 15.9 Å². The average molecular weight is 483 g/mol. The van der Waals surface area contributed by atoms with Gasteiger partial charge in [-0.25, -0.2) is 9.37 Å². The number of hydrogen-bond acceptors (Lipinski definition) is 4. The lowest BCUT2D eigenvalue weighted by molar-refractivity contribution is 0.102. The number of pyridine rings is 1. The predicted octanol–water partition coefficient (Wildman–Crippen LogP) is 4.10. The Bertz CT molecular complexity index is 1180. The van der Waals surface area contributed by atoms with Crippen LogP contribution in [0.5, 0.6) is 0 Å². The van der Waals surface area contributed by atoms with Crippen molar-refractivity contribution in [3.8, 4) is 11.1 Å². The number of anilines is 2. The predicted molar refractivity (Wildman–Crippen MR) is 140 cm³/mol. The van der Waals surface area contributed by atoms with Crippen molar-refractivity contribution < 1.29 is 13.9 Å². The van der Waals surface area contributed by atoms with Crippen LogP contribution < -0.4 is 20.8 Å². The van der Waals surface area contributed by atoms with Gasteiger partial charge in [0.05, 0.1) is 24.5 Å². The van der Waals surface area contributed by atoms with E-state index in [0.29, 0.717) is 37.8 Å². The number of aromatic nitrogens is 1. The normalized spacial score (nSPS) is 13.9. The molecule has 5 nitrogen and oxygen atoms in total. The average Bonchev–Trinajstić information content (AvgIpc) is 2.81. The third kappa shape index (κ3) is 5.24. The van der Waals surface area contributed by atoms with Gasteiger partial charge in [-0.05, 0) is 51.9 Å². The number of hydrogen-bond donors (Lipinski definition) is 1. The molecule has 1 saturated heterocycles. The van der Waals surface area contributed by atoms with E-state index >= 15 is 0 Å². The highest BCUT2D eigenvalue weighted by atomic mass is 31.0. The number of benzene rings is 2. The molecule has 1 N–H and O–H groups in total. The van der Waals surface area contributed by atoms with E-state index in [9.17, 15) is 9.18 Å². The first-order chi connectivity index (χ1) is 15.8. The quantitative estimate of drug-likeness (QED) is 0.556. The first kappa shape index (κ1) is 23.8. The van der Waals surface area contributed by atoms with Crippen LogP contribution in [0.1, 0.15) is 35.7 Å². The number of ether oxygens (including phenoxy) is 1. The SMILES string of the molecule is CC(C)c1ccc(C(=O)Nc2c(-c3cc(P)ccc3P)ccnc2N2CCOCC2)c(F)c1. The van der Waals surface area contributed by atoms with Gasteiger partial charge in [0, 0.05) is 24.8 Å². The molecule has 2 atom stereocenters. The van der Waals surface area contributed by atoms with Crippen molar-refractivity contribution in [1.82, 2.24) is 4.98 Å². The molecule has 1 amide bonds. The topological polar surface area (TPSA) is 54.5 Å². The lowest BCUT2D eigenvalue weighted by Gasteiger charge is -2.30. The summed E-state index contributed by atoms with van der Waals surface area (Å²) in [6.07, 6.45) is 1.74. The molecule has 1 aliphatic heterocycles. The molecule has 33 heavy (non-hydrogen) atoms. The Morgan fingerprint density at radius 2 is 1.85 bits per heavy atom. The summed E-state index contributed by atoms with van der Waals surface area (Å²) in [6.45, 7) is 6.47. The van der Waals surface area contributed by atoms with Crippen LogP contribution >= 0.6 is 18.5 Å². The van der Waals surface area contributed by atoms with E-state index in [2.05, 4.69) is 33.7 Å². The highest BCUT2D eigenvalue weighted by Crippen LogP contribution is 2.35. The van der Waals surface area contributed by atoms with Gasteiger partial charge in [-0.15, -0.1) is 18.5 Å². The van der Waals surface area contributed by atoms with Crippen LogP contribution in [-0.4, -0.2) is 37.2 Å². The zero-order valence-electron chi connectivity index (χ0n) is 18.8. The number of halogens is 1. The highest BCUT2D eigenvalue weighted by Gasteiger charge is 2.23. The minimum atomic E-state index is -0.532. The molecule has 2 aromatic carbocycles. The van der Waals surface area contributed by atoms with Crippen molar-refractivity contribution in [3.05, 3.63) is 65.6 Å². The number of amides is 1. The van der Waals surface area contributed by atoms with Gasteiger partial charge in [-0.3, -0.25) is 4.79 Å². The molecule has 4 rings (SSSR count). The van der Waals surface area contributed by atoms with Crippen molar-refractivity contribution >= 4 is 46.5 Å². The first-order valence-corrected chi connectivity index (χ1v) is 12.1. The van der Waals surface area contributed by atoms with Gasteiger partial charge in [0.2, 0.25) is 0 Å². The fourth-order valence-electron chi connectivity index (χ4n) is 3.88. The number of morpholine rings is 1. The number of carbonyl (C=O) groups excluding carboxylic acids is 1. The molecule has 0 aliphatic carbocycles. The zero-order chi connectivity index (χ0) is 23.5. The molecule has 0 radical (unpaired) electrons. The van der Waals surface area contributed by atoms with Crippen molar-refractivity contribution in [3.63, 3.8) is 0 Å². The monoisotopic (exact) mass is 483 g/mol. The third-order valence-corrected chi connectivity index (χ3v) is 6.61. The number of nitrogens with zero attached hydrogens (tertiary/aromatic N) is 2. The van der Waals surface area contributed by atoms with Gasteiger partial charge in [-0.1, -0.05) is 32.0 Å². The smallest absolute Gasteiger partial charge is 0.258 e. The molecule has 1 aliphatic rings. The van der Waals surface area contributed by atoms with Crippen molar-refractivity contribution in [2.45, 2.75) is 19.8 Å². The standard InChI is InChI=1S/C25H28FN3O2P2/c1-15(2)16-3-5-19(21(26)13-16)25(30)28-23-18(20-14-17(32)4-6-22(20)33)7-8-27-24(23)29-9-11-31-12-10-29/h3-8,13-15H,9-12,32-33H2,1-2H3,(H,28,30). The summed E-state index contributed by atoms with van der Waals surface area (Å²) in [5, 5.41) is 5.00. The van der Waals surface area contributed by atoms with Gasteiger partial charge in [0.25, 0.3) is 5.91 Å². The molecule has 0 spiro atoms. The molecule has 1 aromatic heterocycles. The maximum Gasteiger partial charge on any atom is 0.258 e. The van der Waals surface area contributed by atoms with E-state index in [0.717, 1.165) is 27.3 Å². The van der Waals surface area contributed by atoms with Gasteiger partial charge in [-0.2, -0.15) is 0 Å². The fraction of sp³-hybridized carbons (Fsp3) is 0.280. The van der Waals surface area contributed by atoms with Crippen molar-refractivity contribution in [1.29, 1.82) is 0 Å². The summed E-state index contributed by atoms with van der Waals surface area (Å²) >= 11 is 0. The van der Waals surface area contributed by atoms with Crippen LogP contribution in [-0.2, 0) is 4.74 Å². The molecule has 0 saturated carbocycles. The van der Waals surface area contributed by atoms with E-state index in [-0.39, 0.29) is 11.5 Å². The summed E-state index contributed by atoms with van der Waals surface area (Å²) in [7, 11) is 5.44. The van der Waals surface area contributed by atoms with Gasteiger partial charge < -0.3 is 15.0 Å². The molecule has 1 fully saturated rings. The second kappa shape index (κ2) is 10.3. The molecular weight excluding hydrogens is 455 g/mol. The number of rotatable bonds is 5. The Kier molecular flexibility index (Phi) is 7.38. The molecular formula is C25H28FN3O2P2. The van der Waals surface area contributed by atoms with Crippen molar-refractivity contribution in [2.75, 3.05) is 36.5 Å². The lowest BCUT2D eigenvalue weighted by atomic mass is 10.0. The van der Waals surface area contributed by atoms with E-state index in [1.807, 2.05) is 38.1 Å². The number of carbonyl (C=O) groups is 1. The summed E-state index contributed by atoms with van der Waals surface area (Å²) in [5.41, 5.74) is 3.21. The summed E-state index contributed by atoms with van der Waals surface area (Å²) in [4.78, 5) is 19.9. The first-order valence-electron chi connectivity index (χ1n) is 10.9. The highest BCUT2D eigenvalue weighted by molar-refractivity contribution is 7.28. The molecule has 2 unspecified atom stereocenters. The second-order valence-corrected chi connectivity index (χ2v) is 9.64. The Morgan fingerprint density at radius 3 is 2.55 bits per heavy atom. The second-order valence-electron chi connectivity index (χ2n) is 8.35. The Labute approximate surface area is 198 Å². The summed E-state index contributed by atoms with van der Waals surface area (Å²) in [5.74, 6) is -0.203. The van der Waals surface area contributed by atoms with E-state index in [1.54, 1.807) is 18.3 Å². The number of nitrogens with one attached hydrogen (secondary N) is 1. The zero-order valence-corrected chi connectivity index (χ0v) is 21.1. The van der Waals surface area contributed by atoms with E-state index in [1.165, 1.54) is 6.07 Å². The molecule has 172 valence electrons. The van der Waals surface area contributed by atoms with Crippen LogP contribution in [0.2, 0.25) is 0 Å². The lowest BCUT2D eigenvalue weighted by Crippen LogP contribution is -2.37. The molecule has 3 aromatic rings. The maximum absolute atomic E-state index is 14.8. The van der Waals surface area contributed by atoms with E-state index < -0.39 is 11.7 Å². The van der Waals surface area contributed by atoms with Gasteiger partial charge in [0.15, 0.2) is 5.82 Å². The van der Waals surface area contributed by atoms with Crippen LogP contribution in [0.15, 0.2) is 48.7 Å². The van der Waals surface area contributed by atoms with Crippen LogP contribution in [0, 0.1) is 5.82 Å². The van der Waals surface area contributed by atoms with Gasteiger partial charge >= 0.3 is 0 Å². The molecule has 8 heteroatoms. The third-order valence-electron chi connectivity index (χ3n) is 5.75. The molecule has 0 bridgehead atoms. The molecule has 2 heterocycles. The largest absolute Gasteiger partial charge is 0.378 e. The van der Waals surface area contributed by atoms with E-state index in [4.69, 9.17) is 4.74 Å². The minimum Gasteiger partial charge on any atom is -0.378 e. The fourth-order valence-corrected chi connectivity index (χ4v) is 4.47. The van der Waals surface area contributed by atoms with Gasteiger partial charge in [0.1, 0.15) is 5.82 Å². The van der Waals surface area contributed by atoms with Crippen LogP contribution in [0.25, 0.3) is 11.1 Å². The van der Waals surface area contributed by atoms with Crippen LogP contribution in [0.3, 0.4) is 0 Å². The Hall–Kier alpha value is -2.39. The Morgan fingerprint density at radius 1 is 1.09 bits per heavy atom. The Balaban J connectivity index is 1.79. The summed E-state index contributed by atoms with van der Waals surface area (Å²) < 4.78 is 20.3. The van der Waals surface area contributed by atoms with Crippen molar-refractivity contribution in [2.24, 2.45) is 0 Å².